The van der Waals surface area contributed by atoms with Crippen LogP contribution in [0.15, 0.2) is 12.4 Å². The minimum absolute atomic E-state index is 0.659. The molecule has 1 aliphatic carbocycles. The minimum Gasteiger partial charge on any atom is -0.383 e. The van der Waals surface area contributed by atoms with Crippen molar-refractivity contribution in [2.45, 2.75) is 57.9 Å². The molecular formula is C13H23N3. The maximum Gasteiger partial charge on any atom is 0.0726 e. The van der Waals surface area contributed by atoms with E-state index in [0.717, 1.165) is 6.54 Å². The van der Waals surface area contributed by atoms with Crippen LogP contribution in [-0.2, 0) is 0 Å². The van der Waals surface area contributed by atoms with Gasteiger partial charge in [0.05, 0.1) is 17.9 Å². The summed E-state index contributed by atoms with van der Waals surface area (Å²) < 4.78 is 2.15. The third kappa shape index (κ3) is 3.00. The summed E-state index contributed by atoms with van der Waals surface area (Å²) in [6.45, 7) is 3.31. The van der Waals surface area contributed by atoms with Gasteiger partial charge in [-0.2, -0.15) is 5.10 Å². The Balaban J connectivity index is 1.77. The lowest BCUT2D eigenvalue weighted by Gasteiger charge is -2.08. The second-order valence-corrected chi connectivity index (χ2v) is 4.78. The maximum absolute atomic E-state index is 4.45. The van der Waals surface area contributed by atoms with Gasteiger partial charge in [0, 0.05) is 12.7 Å². The molecule has 0 amide bonds. The van der Waals surface area contributed by atoms with E-state index >= 15 is 0 Å². The lowest BCUT2D eigenvalue weighted by molar-refractivity contribution is 0.467. The van der Waals surface area contributed by atoms with Crippen LogP contribution in [0.4, 0.5) is 5.69 Å². The van der Waals surface area contributed by atoms with E-state index in [1.165, 1.54) is 50.6 Å². The van der Waals surface area contributed by atoms with Crippen LogP contribution in [0.1, 0.15) is 57.9 Å². The van der Waals surface area contributed by atoms with Crippen molar-refractivity contribution in [3.8, 4) is 0 Å². The average Bonchev–Trinajstić information content (AvgIpc) is 2.94. The van der Waals surface area contributed by atoms with E-state index in [0.29, 0.717) is 6.04 Å². The first-order chi connectivity index (χ1) is 7.90. The number of unbranched alkanes of at least 4 members (excludes halogenated alkanes) is 2. The molecule has 0 radical (unpaired) electrons. The van der Waals surface area contributed by atoms with Gasteiger partial charge in [0.1, 0.15) is 0 Å². The molecule has 1 heterocycles. The third-order valence-electron chi connectivity index (χ3n) is 3.41. The number of hydrogen-bond acceptors (Lipinski definition) is 2. The zero-order valence-corrected chi connectivity index (χ0v) is 10.3. The molecule has 1 fully saturated rings. The third-order valence-corrected chi connectivity index (χ3v) is 3.41. The van der Waals surface area contributed by atoms with E-state index in [1.807, 2.05) is 6.20 Å². The van der Waals surface area contributed by atoms with Gasteiger partial charge in [-0.3, -0.25) is 4.68 Å². The van der Waals surface area contributed by atoms with Gasteiger partial charge in [0.15, 0.2) is 0 Å². The van der Waals surface area contributed by atoms with Gasteiger partial charge in [-0.05, 0) is 19.3 Å². The quantitative estimate of drug-likeness (QED) is 0.744. The molecule has 3 heteroatoms. The van der Waals surface area contributed by atoms with E-state index in [-0.39, 0.29) is 0 Å². The Bertz CT molecular complexity index is 300. The minimum atomic E-state index is 0.659. The van der Waals surface area contributed by atoms with Gasteiger partial charge in [-0.1, -0.05) is 32.6 Å². The molecule has 0 atom stereocenters. The second-order valence-electron chi connectivity index (χ2n) is 4.78. The number of rotatable bonds is 6. The lowest BCUT2D eigenvalue weighted by Crippen LogP contribution is -2.04. The molecule has 1 aliphatic rings. The standard InChI is InChI=1S/C13H23N3/c1-2-3-6-9-14-12-10-15-16(11-12)13-7-4-5-8-13/h10-11,13-14H,2-9H2,1H3. The molecule has 3 nitrogen and oxygen atoms in total. The van der Waals surface area contributed by atoms with Crippen LogP contribution in [0.5, 0.6) is 0 Å². The van der Waals surface area contributed by atoms with E-state index in [9.17, 15) is 0 Å². The predicted octanol–water partition coefficient (Wildman–Crippen LogP) is 3.60. The maximum atomic E-state index is 4.45. The molecule has 0 unspecified atom stereocenters. The number of nitrogens with one attached hydrogen (secondary N) is 1. The van der Waals surface area contributed by atoms with Gasteiger partial charge in [0.25, 0.3) is 0 Å². The summed E-state index contributed by atoms with van der Waals surface area (Å²) >= 11 is 0. The molecule has 1 aromatic rings. The van der Waals surface area contributed by atoms with Crippen molar-refractivity contribution in [1.29, 1.82) is 0 Å². The fourth-order valence-corrected chi connectivity index (χ4v) is 2.41. The highest BCUT2D eigenvalue weighted by Crippen LogP contribution is 2.29. The van der Waals surface area contributed by atoms with Crippen molar-refractivity contribution in [2.24, 2.45) is 0 Å². The molecule has 90 valence electrons. The Morgan fingerprint density at radius 2 is 2.19 bits per heavy atom. The summed E-state index contributed by atoms with van der Waals surface area (Å²) in [5.74, 6) is 0. The highest BCUT2D eigenvalue weighted by atomic mass is 15.3. The Labute approximate surface area is 98.2 Å². The van der Waals surface area contributed by atoms with Gasteiger partial charge in [-0.15, -0.1) is 0 Å². The number of nitrogens with zero attached hydrogens (tertiary/aromatic N) is 2. The smallest absolute Gasteiger partial charge is 0.0726 e. The van der Waals surface area contributed by atoms with E-state index in [1.54, 1.807) is 0 Å². The van der Waals surface area contributed by atoms with Crippen LogP contribution in [0.25, 0.3) is 0 Å². The molecule has 0 spiro atoms. The summed E-state index contributed by atoms with van der Waals surface area (Å²) in [6.07, 6.45) is 13.3. The SMILES string of the molecule is CCCCCNc1cnn(C2CCCC2)c1. The summed E-state index contributed by atoms with van der Waals surface area (Å²) in [7, 11) is 0. The molecule has 1 saturated carbocycles. The Morgan fingerprint density at radius 3 is 2.94 bits per heavy atom. The molecule has 0 aromatic carbocycles. The van der Waals surface area contributed by atoms with Gasteiger partial charge in [0.2, 0.25) is 0 Å². The molecular weight excluding hydrogens is 198 g/mol. The topological polar surface area (TPSA) is 29.9 Å². The number of hydrogen-bond donors (Lipinski definition) is 1. The first-order valence-electron chi connectivity index (χ1n) is 6.68. The van der Waals surface area contributed by atoms with Crippen LogP contribution in [-0.4, -0.2) is 16.3 Å². The van der Waals surface area contributed by atoms with Crippen molar-refractivity contribution in [2.75, 3.05) is 11.9 Å². The lowest BCUT2D eigenvalue weighted by atomic mass is 10.2. The largest absolute Gasteiger partial charge is 0.383 e. The predicted molar refractivity (Wildman–Crippen MR) is 67.7 cm³/mol. The Kier molecular flexibility index (Phi) is 4.25. The first-order valence-corrected chi connectivity index (χ1v) is 6.68. The number of aromatic nitrogens is 2. The highest BCUT2D eigenvalue weighted by Gasteiger charge is 2.17. The van der Waals surface area contributed by atoms with Gasteiger partial charge < -0.3 is 5.32 Å². The van der Waals surface area contributed by atoms with E-state index in [2.05, 4.69) is 28.2 Å². The molecule has 2 rings (SSSR count). The molecule has 16 heavy (non-hydrogen) atoms. The summed E-state index contributed by atoms with van der Waals surface area (Å²) in [4.78, 5) is 0. The van der Waals surface area contributed by atoms with Crippen molar-refractivity contribution in [3.63, 3.8) is 0 Å². The van der Waals surface area contributed by atoms with Crippen molar-refractivity contribution in [1.82, 2.24) is 9.78 Å². The van der Waals surface area contributed by atoms with Crippen LogP contribution < -0.4 is 5.32 Å². The Hall–Kier alpha value is -0.990. The molecule has 1 N–H and O–H groups in total. The number of anilines is 1. The first kappa shape index (κ1) is 11.5. The zero-order chi connectivity index (χ0) is 11.2. The van der Waals surface area contributed by atoms with Crippen LogP contribution in [0, 0.1) is 0 Å². The zero-order valence-electron chi connectivity index (χ0n) is 10.3. The molecule has 0 aliphatic heterocycles. The highest BCUT2D eigenvalue weighted by molar-refractivity contribution is 5.38. The van der Waals surface area contributed by atoms with Crippen molar-refractivity contribution < 1.29 is 0 Å². The summed E-state index contributed by atoms with van der Waals surface area (Å²) in [6, 6.07) is 0.659. The van der Waals surface area contributed by atoms with Crippen LogP contribution in [0.3, 0.4) is 0 Å². The van der Waals surface area contributed by atoms with E-state index < -0.39 is 0 Å². The fraction of sp³-hybridized carbons (Fsp3) is 0.769. The normalized spacial score (nSPS) is 16.8. The van der Waals surface area contributed by atoms with Gasteiger partial charge >= 0.3 is 0 Å². The van der Waals surface area contributed by atoms with Crippen molar-refractivity contribution >= 4 is 5.69 Å². The fourth-order valence-electron chi connectivity index (χ4n) is 2.41. The van der Waals surface area contributed by atoms with E-state index in [4.69, 9.17) is 0 Å². The summed E-state index contributed by atoms with van der Waals surface area (Å²) in [5.41, 5.74) is 1.18. The molecule has 1 aromatic heterocycles. The summed E-state index contributed by atoms with van der Waals surface area (Å²) in [5, 5.41) is 7.89. The van der Waals surface area contributed by atoms with Gasteiger partial charge in [-0.25, -0.2) is 0 Å². The second kappa shape index (κ2) is 5.92. The average molecular weight is 221 g/mol. The van der Waals surface area contributed by atoms with Crippen molar-refractivity contribution in [3.05, 3.63) is 12.4 Å². The Morgan fingerprint density at radius 1 is 1.38 bits per heavy atom. The molecule has 0 bridgehead atoms. The monoisotopic (exact) mass is 221 g/mol. The van der Waals surface area contributed by atoms with Crippen LogP contribution in [0.2, 0.25) is 0 Å². The molecule has 0 saturated heterocycles. The van der Waals surface area contributed by atoms with Crippen LogP contribution >= 0.6 is 0 Å².